The maximum atomic E-state index is 13.0. The number of rotatable bonds is 6. The van der Waals surface area contributed by atoms with Crippen LogP contribution < -0.4 is 15.0 Å². The van der Waals surface area contributed by atoms with Crippen LogP contribution in [-0.4, -0.2) is 56.5 Å². The molecule has 3 rings (SSSR count). The minimum atomic E-state index is -0.259. The van der Waals surface area contributed by atoms with Gasteiger partial charge in [0.2, 0.25) is 11.8 Å². The molecular weight excluding hydrogens is 366 g/mol. The second kappa shape index (κ2) is 9.95. The Morgan fingerprint density at radius 3 is 2.81 bits per heavy atom. The van der Waals surface area contributed by atoms with Gasteiger partial charge in [-0.1, -0.05) is 12.1 Å². The van der Waals surface area contributed by atoms with Gasteiger partial charge >= 0.3 is 0 Å². The molecule has 6 nitrogen and oxygen atoms in total. The number of benzene rings is 1. The van der Waals surface area contributed by atoms with Gasteiger partial charge in [-0.3, -0.25) is 9.59 Å². The van der Waals surface area contributed by atoms with Crippen LogP contribution in [0.5, 0.6) is 5.75 Å². The maximum Gasteiger partial charge on any atom is 0.228 e. The number of carbonyl (C=O) groups is 2. The highest BCUT2D eigenvalue weighted by Gasteiger charge is 2.39. The van der Waals surface area contributed by atoms with Crippen molar-refractivity contribution in [3.63, 3.8) is 0 Å². The van der Waals surface area contributed by atoms with Crippen LogP contribution >= 0.6 is 12.4 Å². The first-order valence-electron chi connectivity index (χ1n) is 9.59. The fourth-order valence-electron chi connectivity index (χ4n) is 4.04. The summed E-state index contributed by atoms with van der Waals surface area (Å²) in [5.74, 6) is 1.06. The summed E-state index contributed by atoms with van der Waals surface area (Å²) in [4.78, 5) is 29.2. The number of piperidine rings is 1. The van der Waals surface area contributed by atoms with Gasteiger partial charge in [-0.15, -0.1) is 12.4 Å². The first-order chi connectivity index (χ1) is 12.6. The molecule has 0 saturated carbocycles. The summed E-state index contributed by atoms with van der Waals surface area (Å²) >= 11 is 0. The van der Waals surface area contributed by atoms with E-state index in [1.807, 2.05) is 43.1 Å². The number of hydrogen-bond donors (Lipinski definition) is 1. The normalized spacial score (nSPS) is 22.5. The smallest absolute Gasteiger partial charge is 0.228 e. The first kappa shape index (κ1) is 21.5. The molecule has 7 heteroatoms. The molecule has 2 saturated heterocycles. The SMILES string of the molecule is CCOc1ccccc1N1CC(C(=O)N2CCCC(CNC)C2)CC1=O.Cl. The fourth-order valence-corrected chi connectivity index (χ4v) is 4.04. The van der Waals surface area contributed by atoms with Crippen molar-refractivity contribution in [3.8, 4) is 5.75 Å². The molecule has 0 aliphatic carbocycles. The van der Waals surface area contributed by atoms with Gasteiger partial charge in [0, 0.05) is 26.1 Å². The van der Waals surface area contributed by atoms with Crippen molar-refractivity contribution in [2.24, 2.45) is 11.8 Å². The lowest BCUT2D eigenvalue weighted by molar-refractivity contribution is -0.137. The lowest BCUT2D eigenvalue weighted by atomic mass is 9.96. The molecule has 2 fully saturated rings. The monoisotopic (exact) mass is 395 g/mol. The second-order valence-electron chi connectivity index (χ2n) is 7.16. The molecule has 0 aromatic heterocycles. The van der Waals surface area contributed by atoms with Crippen molar-refractivity contribution in [1.82, 2.24) is 10.2 Å². The van der Waals surface area contributed by atoms with Crippen LogP contribution in [0, 0.1) is 11.8 Å². The Balaban J connectivity index is 0.00000261. The number of nitrogens with one attached hydrogen (secondary N) is 1. The molecule has 2 heterocycles. The Labute approximate surface area is 167 Å². The van der Waals surface area contributed by atoms with Gasteiger partial charge in [-0.2, -0.15) is 0 Å². The molecule has 0 bridgehead atoms. The Morgan fingerprint density at radius 2 is 2.07 bits per heavy atom. The molecule has 27 heavy (non-hydrogen) atoms. The minimum absolute atomic E-state index is 0. The quantitative estimate of drug-likeness (QED) is 0.803. The van der Waals surface area contributed by atoms with E-state index in [1.165, 1.54) is 0 Å². The number of amides is 2. The third kappa shape index (κ3) is 4.93. The molecule has 0 spiro atoms. The van der Waals surface area contributed by atoms with Crippen LogP contribution in [-0.2, 0) is 9.59 Å². The third-order valence-corrected chi connectivity index (χ3v) is 5.25. The van der Waals surface area contributed by atoms with Crippen LogP contribution in [0.2, 0.25) is 0 Å². The highest BCUT2D eigenvalue weighted by atomic mass is 35.5. The Hall–Kier alpha value is -1.79. The summed E-state index contributed by atoms with van der Waals surface area (Å²) in [6.45, 7) is 5.43. The molecule has 150 valence electrons. The number of anilines is 1. The van der Waals surface area contributed by atoms with Crippen molar-refractivity contribution < 1.29 is 14.3 Å². The van der Waals surface area contributed by atoms with Crippen LogP contribution in [0.15, 0.2) is 24.3 Å². The van der Waals surface area contributed by atoms with E-state index >= 15 is 0 Å². The molecule has 1 N–H and O–H groups in total. The van der Waals surface area contributed by atoms with E-state index in [-0.39, 0.29) is 36.6 Å². The van der Waals surface area contributed by atoms with Crippen molar-refractivity contribution in [1.29, 1.82) is 0 Å². The average Bonchev–Trinajstić information content (AvgIpc) is 3.04. The summed E-state index contributed by atoms with van der Waals surface area (Å²) < 4.78 is 5.65. The number of hydrogen-bond acceptors (Lipinski definition) is 4. The Bertz CT molecular complexity index is 653. The number of para-hydroxylation sites is 2. The molecular formula is C20H30ClN3O3. The van der Waals surface area contributed by atoms with Crippen molar-refractivity contribution >= 4 is 29.9 Å². The van der Waals surface area contributed by atoms with E-state index in [2.05, 4.69) is 5.32 Å². The molecule has 1 aromatic rings. The van der Waals surface area contributed by atoms with Crippen molar-refractivity contribution in [2.75, 3.05) is 44.7 Å². The third-order valence-electron chi connectivity index (χ3n) is 5.25. The van der Waals surface area contributed by atoms with Gasteiger partial charge in [0.15, 0.2) is 0 Å². The number of halogens is 1. The zero-order valence-corrected chi connectivity index (χ0v) is 17.0. The van der Waals surface area contributed by atoms with E-state index in [0.29, 0.717) is 24.8 Å². The molecule has 2 amide bonds. The average molecular weight is 396 g/mol. The molecule has 2 aliphatic rings. The zero-order chi connectivity index (χ0) is 18.5. The number of nitrogens with zero attached hydrogens (tertiary/aromatic N) is 2. The summed E-state index contributed by atoms with van der Waals surface area (Å²) in [5.41, 5.74) is 0.765. The maximum absolute atomic E-state index is 13.0. The van der Waals surface area contributed by atoms with Gasteiger partial charge < -0.3 is 19.9 Å². The molecule has 0 radical (unpaired) electrons. The van der Waals surface area contributed by atoms with Gasteiger partial charge in [0.25, 0.3) is 0 Å². The lowest BCUT2D eigenvalue weighted by Gasteiger charge is -2.34. The van der Waals surface area contributed by atoms with E-state index in [1.54, 1.807) is 4.90 Å². The Morgan fingerprint density at radius 1 is 1.30 bits per heavy atom. The van der Waals surface area contributed by atoms with Gasteiger partial charge in [0.05, 0.1) is 18.2 Å². The molecule has 1 aromatic carbocycles. The van der Waals surface area contributed by atoms with Gasteiger partial charge in [0.1, 0.15) is 5.75 Å². The van der Waals surface area contributed by atoms with E-state index in [4.69, 9.17) is 4.74 Å². The van der Waals surface area contributed by atoms with Gasteiger partial charge in [-0.05, 0) is 51.4 Å². The largest absolute Gasteiger partial charge is 0.492 e. The van der Waals surface area contributed by atoms with E-state index < -0.39 is 0 Å². The van der Waals surface area contributed by atoms with Crippen LogP contribution in [0.25, 0.3) is 0 Å². The Kier molecular flexibility index (Phi) is 7.92. The number of carbonyl (C=O) groups excluding carboxylic acids is 2. The van der Waals surface area contributed by atoms with E-state index in [0.717, 1.165) is 38.2 Å². The molecule has 2 atom stereocenters. The number of likely N-dealkylation sites (tertiary alicyclic amines) is 1. The summed E-state index contributed by atoms with van der Waals surface area (Å²) in [6, 6.07) is 7.55. The van der Waals surface area contributed by atoms with Crippen molar-refractivity contribution in [2.45, 2.75) is 26.2 Å². The predicted molar refractivity (Wildman–Crippen MR) is 109 cm³/mol. The van der Waals surface area contributed by atoms with Crippen LogP contribution in [0.4, 0.5) is 5.69 Å². The topological polar surface area (TPSA) is 61.9 Å². The van der Waals surface area contributed by atoms with Crippen LogP contribution in [0.3, 0.4) is 0 Å². The lowest BCUT2D eigenvalue weighted by Crippen LogP contribution is -2.45. The summed E-state index contributed by atoms with van der Waals surface area (Å²) in [6.07, 6.45) is 2.48. The first-order valence-corrected chi connectivity index (χ1v) is 9.59. The number of ether oxygens (including phenoxy) is 1. The highest BCUT2D eigenvalue weighted by molar-refractivity contribution is 6.01. The molecule has 2 unspecified atom stereocenters. The zero-order valence-electron chi connectivity index (χ0n) is 16.1. The summed E-state index contributed by atoms with van der Waals surface area (Å²) in [7, 11) is 1.95. The molecule has 2 aliphatic heterocycles. The van der Waals surface area contributed by atoms with Crippen LogP contribution in [0.1, 0.15) is 26.2 Å². The fraction of sp³-hybridized carbons (Fsp3) is 0.600. The predicted octanol–water partition coefficient (Wildman–Crippen LogP) is 2.32. The van der Waals surface area contributed by atoms with E-state index in [9.17, 15) is 9.59 Å². The van der Waals surface area contributed by atoms with Gasteiger partial charge in [-0.25, -0.2) is 0 Å². The van der Waals surface area contributed by atoms with Crippen molar-refractivity contribution in [3.05, 3.63) is 24.3 Å². The highest BCUT2D eigenvalue weighted by Crippen LogP contribution is 2.34. The second-order valence-corrected chi connectivity index (χ2v) is 7.16. The standard InChI is InChI=1S/C20H29N3O3.ClH/c1-3-26-18-9-5-4-8-17(18)23-14-16(11-19(23)24)20(25)22-10-6-7-15(13-22)12-21-2;/h4-5,8-9,15-16,21H,3,6-7,10-14H2,1-2H3;1H. The summed E-state index contributed by atoms with van der Waals surface area (Å²) in [5, 5.41) is 3.21. The minimum Gasteiger partial charge on any atom is -0.492 e.